The summed E-state index contributed by atoms with van der Waals surface area (Å²) in [4.78, 5) is 28.1. The fourth-order valence-electron chi connectivity index (χ4n) is 3.37. The van der Waals surface area contributed by atoms with E-state index in [1.807, 2.05) is 13.8 Å². The number of piperazine rings is 1. The fourth-order valence-corrected chi connectivity index (χ4v) is 3.37. The number of hydrogen-bond donors (Lipinski definition) is 2. The highest BCUT2D eigenvalue weighted by Crippen LogP contribution is 2.17. The number of rotatable bonds is 10. The van der Waals surface area contributed by atoms with E-state index in [0.717, 1.165) is 19.3 Å². The molecule has 0 saturated carbocycles. The van der Waals surface area contributed by atoms with Crippen LogP contribution in [-0.2, 0) is 9.59 Å². The van der Waals surface area contributed by atoms with E-state index in [9.17, 15) is 9.59 Å². The van der Waals surface area contributed by atoms with Gasteiger partial charge in [0.2, 0.25) is 5.91 Å². The number of likely N-dealkylation sites (N-methyl/N-ethyl adjacent to an activating group) is 2. The Balaban J connectivity index is 2.36. The third-order valence-electron chi connectivity index (χ3n) is 5.20. The summed E-state index contributed by atoms with van der Waals surface area (Å²) in [5.74, 6) is -0.379. The summed E-state index contributed by atoms with van der Waals surface area (Å²) in [5.41, 5.74) is -0.977. The van der Waals surface area contributed by atoms with Crippen LogP contribution in [0.1, 0.15) is 53.4 Å². The molecule has 0 spiro atoms. The van der Waals surface area contributed by atoms with E-state index in [-0.39, 0.29) is 11.8 Å². The molecule has 2 amide bonds. The molecule has 25 heavy (non-hydrogen) atoms. The second-order valence-corrected chi connectivity index (χ2v) is 7.42. The lowest BCUT2D eigenvalue weighted by atomic mass is 10.0. The molecule has 0 bridgehead atoms. The largest absolute Gasteiger partial charge is 0.338 e. The molecule has 1 fully saturated rings. The first kappa shape index (κ1) is 22.0. The number of imide groups is 1. The van der Waals surface area contributed by atoms with Crippen molar-refractivity contribution in [2.75, 3.05) is 45.8 Å². The monoisotopic (exact) mass is 359 g/mol. The quantitative estimate of drug-likeness (QED) is 0.272. The lowest BCUT2D eigenvalue weighted by molar-refractivity contribution is -0.946. The summed E-state index contributed by atoms with van der Waals surface area (Å²) in [6.07, 6.45) is 3.43. The topological polar surface area (TPSA) is 84.6 Å². The van der Waals surface area contributed by atoms with Gasteiger partial charge in [-0.3, -0.25) is 14.5 Å². The van der Waals surface area contributed by atoms with Crippen molar-refractivity contribution in [2.24, 2.45) is 0 Å². The van der Waals surface area contributed by atoms with Crippen LogP contribution < -0.4 is 10.2 Å². The van der Waals surface area contributed by atoms with Gasteiger partial charge in [0.1, 0.15) is 26.2 Å². The zero-order valence-corrected chi connectivity index (χ0v) is 16.6. The van der Waals surface area contributed by atoms with E-state index in [0.29, 0.717) is 19.5 Å². The van der Waals surface area contributed by atoms with Gasteiger partial charge in [-0.1, -0.05) is 5.06 Å². The van der Waals surface area contributed by atoms with E-state index in [1.165, 1.54) is 42.7 Å². The number of nitrogens with two attached hydrogens (primary N) is 1. The number of amides is 2. The van der Waals surface area contributed by atoms with Crippen molar-refractivity contribution in [2.45, 2.75) is 58.9 Å². The fraction of sp³-hybridized carbons (Fsp3) is 0.889. The predicted octanol–water partition coefficient (Wildman–Crippen LogP) is -1.88. The zero-order valence-electron chi connectivity index (χ0n) is 16.6. The van der Waals surface area contributed by atoms with Crippen LogP contribution in [-0.4, -0.2) is 78.3 Å². The van der Waals surface area contributed by atoms with Gasteiger partial charge in [0.05, 0.1) is 13.1 Å². The standard InChI is InChI=1S/C18H36N4O3/c1-5-21(17(24)18(3,4)22(25)6-2)16(23)10-8-7-9-13-20-14-11-19-12-15-20/h19,25H,5-15H2,1-4H3/p+3. The van der Waals surface area contributed by atoms with Crippen LogP contribution in [0.2, 0.25) is 0 Å². The van der Waals surface area contributed by atoms with Crippen molar-refractivity contribution in [3.63, 3.8) is 0 Å². The summed E-state index contributed by atoms with van der Waals surface area (Å²) in [5, 5.41) is 11.5. The van der Waals surface area contributed by atoms with Gasteiger partial charge in [0.15, 0.2) is 5.54 Å². The Morgan fingerprint density at radius 3 is 2.28 bits per heavy atom. The highest BCUT2D eigenvalue weighted by Gasteiger charge is 2.41. The first-order valence-electron chi connectivity index (χ1n) is 9.83. The van der Waals surface area contributed by atoms with Gasteiger partial charge < -0.3 is 15.4 Å². The molecule has 0 aromatic carbocycles. The molecule has 0 aromatic rings. The zero-order chi connectivity index (χ0) is 18.9. The highest BCUT2D eigenvalue weighted by atomic mass is 16.5. The van der Waals surface area contributed by atoms with Crippen LogP contribution in [0.25, 0.3) is 0 Å². The van der Waals surface area contributed by atoms with Gasteiger partial charge >= 0.3 is 0 Å². The minimum atomic E-state index is -0.977. The third kappa shape index (κ3) is 6.66. The maximum atomic E-state index is 12.7. The Kier molecular flexibility index (Phi) is 9.56. The number of quaternary nitrogens is 2. The molecule has 0 radical (unpaired) electrons. The number of nitrogens with zero attached hydrogens (tertiary/aromatic N) is 2. The molecule has 1 rings (SSSR count). The van der Waals surface area contributed by atoms with Crippen molar-refractivity contribution in [3.05, 3.63) is 0 Å². The molecule has 146 valence electrons. The van der Waals surface area contributed by atoms with Crippen molar-refractivity contribution in [1.29, 1.82) is 0 Å². The van der Waals surface area contributed by atoms with Crippen molar-refractivity contribution >= 4 is 11.8 Å². The minimum Gasteiger partial charge on any atom is -0.338 e. The van der Waals surface area contributed by atoms with Gasteiger partial charge in [-0.05, 0) is 47.0 Å². The molecule has 0 aromatic heterocycles. The normalized spacial score (nSPS) is 16.2. The maximum absolute atomic E-state index is 12.7. The minimum absolute atomic E-state index is 0.106. The van der Waals surface area contributed by atoms with Crippen LogP contribution in [0.5, 0.6) is 0 Å². The average molecular weight is 360 g/mol. The highest BCUT2D eigenvalue weighted by molar-refractivity contribution is 5.99. The summed E-state index contributed by atoms with van der Waals surface area (Å²) in [6, 6.07) is 0. The summed E-state index contributed by atoms with van der Waals surface area (Å²) in [7, 11) is 0. The smallest absolute Gasteiger partial charge is 0.256 e. The molecule has 1 aliphatic heterocycles. The molecule has 7 nitrogen and oxygen atoms in total. The number of carbonyl (C=O) groups is 2. The first-order chi connectivity index (χ1) is 11.8. The summed E-state index contributed by atoms with van der Waals surface area (Å²) < 4.78 is 0. The third-order valence-corrected chi connectivity index (χ3v) is 5.20. The number of hydrogen-bond acceptors (Lipinski definition) is 3. The van der Waals surface area contributed by atoms with Crippen LogP contribution in [0.4, 0.5) is 0 Å². The Labute approximate surface area is 152 Å². The second kappa shape index (κ2) is 10.9. The molecule has 1 aliphatic rings. The average Bonchev–Trinajstić information content (AvgIpc) is 2.61. The van der Waals surface area contributed by atoms with Crippen LogP contribution in [0, 0.1) is 0 Å². The predicted molar refractivity (Wildman–Crippen MR) is 98.2 cm³/mol. The molecular weight excluding hydrogens is 320 g/mol. The van der Waals surface area contributed by atoms with E-state index in [4.69, 9.17) is 5.21 Å². The summed E-state index contributed by atoms with van der Waals surface area (Å²) in [6.45, 7) is 14.0. The molecule has 0 atom stereocenters. The number of hydroxylamine groups is 2. The second-order valence-electron chi connectivity index (χ2n) is 7.42. The Hall–Kier alpha value is -1.02. The lowest BCUT2D eigenvalue weighted by Crippen LogP contribution is -3.20. The number of nitrogens with one attached hydrogen (secondary N) is 1. The van der Waals surface area contributed by atoms with E-state index in [2.05, 4.69) is 5.32 Å². The van der Waals surface area contributed by atoms with Gasteiger partial charge in [-0.15, -0.1) is 0 Å². The van der Waals surface area contributed by atoms with Crippen LogP contribution in [0.15, 0.2) is 0 Å². The Bertz CT molecular complexity index is 423. The van der Waals surface area contributed by atoms with Crippen molar-refractivity contribution < 1.29 is 25.0 Å². The van der Waals surface area contributed by atoms with Gasteiger partial charge in [-0.25, -0.2) is 0 Å². The van der Waals surface area contributed by atoms with Crippen molar-refractivity contribution in [1.82, 2.24) is 9.96 Å². The van der Waals surface area contributed by atoms with Gasteiger partial charge in [0, 0.05) is 13.0 Å². The van der Waals surface area contributed by atoms with E-state index in [1.54, 1.807) is 18.7 Å². The SMILES string of the molecule is CCN(C(=O)CCCCC[NH+]1CC[NH2+]CC1)C(=O)C(C)(C)N([OH2+])CC. The lowest BCUT2D eigenvalue weighted by Gasteiger charge is -2.32. The molecule has 7 heteroatoms. The molecular formula is C18H39N4O3+3. The molecule has 0 unspecified atom stereocenters. The first-order valence-corrected chi connectivity index (χ1v) is 9.83. The number of carbonyl (C=O) groups excluding carboxylic acids is 2. The molecule has 1 heterocycles. The Morgan fingerprint density at radius 2 is 1.72 bits per heavy atom. The summed E-state index contributed by atoms with van der Waals surface area (Å²) >= 11 is 0. The van der Waals surface area contributed by atoms with Crippen LogP contribution >= 0.6 is 0 Å². The van der Waals surface area contributed by atoms with E-state index >= 15 is 0 Å². The molecule has 5 N–H and O–H groups in total. The Morgan fingerprint density at radius 1 is 1.08 bits per heavy atom. The number of unbranched alkanes of at least 4 members (excludes halogenated alkanes) is 2. The van der Waals surface area contributed by atoms with Gasteiger partial charge in [0.25, 0.3) is 5.91 Å². The van der Waals surface area contributed by atoms with E-state index < -0.39 is 5.54 Å². The van der Waals surface area contributed by atoms with Gasteiger partial charge in [-0.2, -0.15) is 0 Å². The van der Waals surface area contributed by atoms with Crippen LogP contribution in [0.3, 0.4) is 0 Å². The molecule has 0 aliphatic carbocycles. The molecule has 1 saturated heterocycles. The van der Waals surface area contributed by atoms with Crippen molar-refractivity contribution in [3.8, 4) is 0 Å². The maximum Gasteiger partial charge on any atom is 0.256 e.